The van der Waals surface area contributed by atoms with Gasteiger partial charge in [-0.25, -0.2) is 0 Å². The number of nitrogens with zero attached hydrogens (tertiary/aromatic N) is 2. The second-order valence-corrected chi connectivity index (χ2v) is 4.54. The van der Waals surface area contributed by atoms with E-state index < -0.39 is 0 Å². The quantitative estimate of drug-likeness (QED) is 0.644. The third-order valence-corrected chi connectivity index (χ3v) is 2.75. The fourth-order valence-corrected chi connectivity index (χ4v) is 1.61. The average Bonchev–Trinajstić information content (AvgIpc) is 2.09. The van der Waals surface area contributed by atoms with E-state index in [1.807, 2.05) is 0 Å². The van der Waals surface area contributed by atoms with Gasteiger partial charge in [0.1, 0.15) is 0 Å². The lowest BCUT2D eigenvalue weighted by Crippen LogP contribution is -2.49. The maximum Gasteiger partial charge on any atom is 0.0749 e. The van der Waals surface area contributed by atoms with Crippen molar-refractivity contribution in [2.24, 2.45) is 0 Å². The van der Waals surface area contributed by atoms with Crippen LogP contribution in [-0.4, -0.2) is 62.3 Å². The molecule has 1 aliphatic rings. The SMILES string of the molecule is COC(C)(C)CN1CCN(C)CC1. The van der Waals surface area contributed by atoms with Gasteiger partial charge in [-0.2, -0.15) is 0 Å². The number of ether oxygens (including phenoxy) is 1. The second-order valence-electron chi connectivity index (χ2n) is 4.54. The summed E-state index contributed by atoms with van der Waals surface area (Å²) >= 11 is 0. The summed E-state index contributed by atoms with van der Waals surface area (Å²) < 4.78 is 5.41. The van der Waals surface area contributed by atoms with E-state index in [2.05, 4.69) is 30.7 Å². The van der Waals surface area contributed by atoms with Gasteiger partial charge >= 0.3 is 0 Å². The van der Waals surface area contributed by atoms with Crippen molar-refractivity contribution in [2.45, 2.75) is 19.4 Å². The highest BCUT2D eigenvalue weighted by molar-refractivity contribution is 4.77. The van der Waals surface area contributed by atoms with Crippen molar-refractivity contribution >= 4 is 0 Å². The summed E-state index contributed by atoms with van der Waals surface area (Å²) in [6, 6.07) is 0. The highest BCUT2D eigenvalue weighted by atomic mass is 16.5. The molecule has 0 aliphatic carbocycles. The van der Waals surface area contributed by atoms with Crippen LogP contribution in [0.25, 0.3) is 0 Å². The summed E-state index contributed by atoms with van der Waals surface area (Å²) in [5, 5.41) is 0. The zero-order chi connectivity index (χ0) is 9.90. The maximum atomic E-state index is 5.41. The van der Waals surface area contributed by atoms with Crippen molar-refractivity contribution in [1.29, 1.82) is 0 Å². The van der Waals surface area contributed by atoms with Gasteiger partial charge in [0.2, 0.25) is 0 Å². The molecule has 1 aliphatic heterocycles. The van der Waals surface area contributed by atoms with Gasteiger partial charge in [0.25, 0.3) is 0 Å². The van der Waals surface area contributed by atoms with E-state index in [-0.39, 0.29) is 5.60 Å². The Kier molecular flexibility index (Phi) is 3.71. The largest absolute Gasteiger partial charge is 0.377 e. The number of rotatable bonds is 3. The molecule has 1 saturated heterocycles. The first-order valence-corrected chi connectivity index (χ1v) is 4.99. The topological polar surface area (TPSA) is 15.7 Å². The molecule has 0 aromatic heterocycles. The van der Waals surface area contributed by atoms with E-state index in [1.54, 1.807) is 7.11 Å². The van der Waals surface area contributed by atoms with E-state index in [0.29, 0.717) is 0 Å². The van der Waals surface area contributed by atoms with Gasteiger partial charge in [0.05, 0.1) is 5.60 Å². The first-order valence-electron chi connectivity index (χ1n) is 4.99. The molecule has 0 unspecified atom stereocenters. The Morgan fingerprint density at radius 2 is 1.69 bits per heavy atom. The minimum atomic E-state index is -0.00406. The molecule has 0 saturated carbocycles. The van der Waals surface area contributed by atoms with Gasteiger partial charge in [-0.1, -0.05) is 0 Å². The average molecular weight is 186 g/mol. The van der Waals surface area contributed by atoms with Gasteiger partial charge in [-0.05, 0) is 20.9 Å². The van der Waals surface area contributed by atoms with Crippen LogP contribution < -0.4 is 0 Å². The molecule has 3 nitrogen and oxygen atoms in total. The van der Waals surface area contributed by atoms with Crippen molar-refractivity contribution in [3.63, 3.8) is 0 Å². The molecule has 0 amide bonds. The molecule has 0 radical (unpaired) electrons. The number of methoxy groups -OCH3 is 1. The summed E-state index contributed by atoms with van der Waals surface area (Å²) in [6.45, 7) is 10.0. The third kappa shape index (κ3) is 3.63. The smallest absolute Gasteiger partial charge is 0.0749 e. The Labute approximate surface area is 81.7 Å². The fourth-order valence-electron chi connectivity index (χ4n) is 1.61. The first kappa shape index (κ1) is 11.0. The predicted octanol–water partition coefficient (Wildman–Crippen LogP) is 0.659. The Morgan fingerprint density at radius 1 is 1.15 bits per heavy atom. The van der Waals surface area contributed by atoms with Crippen molar-refractivity contribution in [1.82, 2.24) is 9.80 Å². The van der Waals surface area contributed by atoms with Crippen LogP contribution in [0, 0.1) is 0 Å². The van der Waals surface area contributed by atoms with Crippen LogP contribution in [0.4, 0.5) is 0 Å². The van der Waals surface area contributed by atoms with E-state index in [0.717, 1.165) is 6.54 Å². The first-order chi connectivity index (χ1) is 6.03. The molecule has 0 N–H and O–H groups in total. The Balaban J connectivity index is 2.30. The van der Waals surface area contributed by atoms with Crippen LogP contribution in [0.3, 0.4) is 0 Å². The normalized spacial score (nSPS) is 22.2. The predicted molar refractivity (Wildman–Crippen MR) is 55.0 cm³/mol. The Hall–Kier alpha value is -0.120. The van der Waals surface area contributed by atoms with Crippen molar-refractivity contribution < 1.29 is 4.74 Å². The monoisotopic (exact) mass is 186 g/mol. The van der Waals surface area contributed by atoms with Crippen LogP contribution in [0.15, 0.2) is 0 Å². The summed E-state index contributed by atoms with van der Waals surface area (Å²) in [7, 11) is 3.97. The summed E-state index contributed by atoms with van der Waals surface area (Å²) in [6.07, 6.45) is 0. The zero-order valence-electron chi connectivity index (χ0n) is 9.34. The van der Waals surface area contributed by atoms with E-state index in [4.69, 9.17) is 4.74 Å². The number of hydrogen-bond acceptors (Lipinski definition) is 3. The standard InChI is InChI=1S/C10H22N2O/c1-10(2,13-4)9-12-7-5-11(3)6-8-12/h5-9H2,1-4H3. The molecule has 0 spiro atoms. The maximum absolute atomic E-state index is 5.41. The van der Waals surface area contributed by atoms with Crippen molar-refractivity contribution in [2.75, 3.05) is 46.9 Å². The molecule has 1 fully saturated rings. The second kappa shape index (κ2) is 4.40. The van der Waals surface area contributed by atoms with Crippen LogP contribution in [0.2, 0.25) is 0 Å². The van der Waals surface area contributed by atoms with Gasteiger partial charge in [0.15, 0.2) is 0 Å². The molecular weight excluding hydrogens is 164 g/mol. The molecule has 0 aromatic rings. The van der Waals surface area contributed by atoms with Crippen LogP contribution in [-0.2, 0) is 4.74 Å². The molecule has 0 atom stereocenters. The van der Waals surface area contributed by atoms with E-state index in [9.17, 15) is 0 Å². The minimum absolute atomic E-state index is 0.00406. The van der Waals surface area contributed by atoms with Crippen LogP contribution >= 0.6 is 0 Å². The lowest BCUT2D eigenvalue weighted by atomic mass is 10.1. The molecule has 78 valence electrons. The summed E-state index contributed by atoms with van der Waals surface area (Å²) in [5.41, 5.74) is -0.00406. The number of hydrogen-bond donors (Lipinski definition) is 0. The van der Waals surface area contributed by atoms with Gasteiger partial charge < -0.3 is 9.64 Å². The highest BCUT2D eigenvalue weighted by Gasteiger charge is 2.23. The van der Waals surface area contributed by atoms with Crippen molar-refractivity contribution in [3.8, 4) is 0 Å². The minimum Gasteiger partial charge on any atom is -0.377 e. The number of piperazine rings is 1. The highest BCUT2D eigenvalue weighted by Crippen LogP contribution is 2.11. The van der Waals surface area contributed by atoms with Crippen LogP contribution in [0.1, 0.15) is 13.8 Å². The zero-order valence-corrected chi connectivity index (χ0v) is 9.34. The fraction of sp³-hybridized carbons (Fsp3) is 1.00. The van der Waals surface area contributed by atoms with Gasteiger partial charge in [-0.15, -0.1) is 0 Å². The van der Waals surface area contributed by atoms with Crippen LogP contribution in [0.5, 0.6) is 0 Å². The van der Waals surface area contributed by atoms with Crippen molar-refractivity contribution in [3.05, 3.63) is 0 Å². The molecule has 1 heterocycles. The molecule has 1 rings (SSSR count). The van der Waals surface area contributed by atoms with Gasteiger partial charge in [0, 0.05) is 39.8 Å². The number of likely N-dealkylation sites (N-methyl/N-ethyl adjacent to an activating group) is 1. The van der Waals surface area contributed by atoms with E-state index in [1.165, 1.54) is 26.2 Å². The molecule has 3 heteroatoms. The van der Waals surface area contributed by atoms with Gasteiger partial charge in [-0.3, -0.25) is 4.90 Å². The molecular formula is C10H22N2O. The molecule has 0 bridgehead atoms. The third-order valence-electron chi connectivity index (χ3n) is 2.75. The van der Waals surface area contributed by atoms with E-state index >= 15 is 0 Å². The summed E-state index contributed by atoms with van der Waals surface area (Å²) in [5.74, 6) is 0. The lowest BCUT2D eigenvalue weighted by molar-refractivity contribution is -0.0163. The molecule has 0 aromatic carbocycles. The Morgan fingerprint density at radius 3 is 2.15 bits per heavy atom. The Bertz CT molecular complexity index is 151. The lowest BCUT2D eigenvalue weighted by Gasteiger charge is -2.37. The molecule has 13 heavy (non-hydrogen) atoms. The summed E-state index contributed by atoms with van der Waals surface area (Å²) in [4.78, 5) is 4.85.